The van der Waals surface area contributed by atoms with Crippen LogP contribution in [0.25, 0.3) is 0 Å². The van der Waals surface area contributed by atoms with Crippen LogP contribution in [0, 0.1) is 16.3 Å². The number of aryl methyl sites for hydroxylation is 2. The third-order valence-corrected chi connectivity index (χ3v) is 7.46. The molecule has 1 aromatic heterocycles. The van der Waals surface area contributed by atoms with E-state index < -0.39 is 34.0 Å². The van der Waals surface area contributed by atoms with Crippen LogP contribution in [0.4, 0.5) is 14.5 Å². The molecule has 1 aliphatic heterocycles. The minimum atomic E-state index is -1.55. The third-order valence-electron chi connectivity index (χ3n) is 6.32. The molecule has 0 bridgehead atoms. The Bertz CT molecular complexity index is 1420. The highest BCUT2D eigenvalue weighted by molar-refractivity contribution is 14.1. The number of benzene rings is 2. The van der Waals surface area contributed by atoms with E-state index in [4.69, 9.17) is 9.47 Å². The minimum Gasteiger partial charge on any atom is -0.497 e. The molecule has 4 rings (SSSR count). The number of nitrogens with zero attached hydrogens (tertiary/aromatic N) is 2. The number of pyridine rings is 1. The summed E-state index contributed by atoms with van der Waals surface area (Å²) in [4.78, 5) is 41.2. The van der Waals surface area contributed by atoms with E-state index in [9.17, 15) is 18.8 Å². The number of carbonyl (C=O) groups is 2. The number of aromatic nitrogens is 1. The van der Waals surface area contributed by atoms with Crippen LogP contribution in [-0.4, -0.2) is 40.4 Å². The fraction of sp³-hybridized carbons (Fsp3) is 0.269. The van der Waals surface area contributed by atoms with Crippen molar-refractivity contribution in [3.05, 3.63) is 85.1 Å². The fourth-order valence-electron chi connectivity index (χ4n) is 4.43. The maximum absolute atomic E-state index is 15.4. The number of alkyl halides is 2. The Morgan fingerprint density at radius 2 is 1.84 bits per heavy atom. The van der Waals surface area contributed by atoms with Gasteiger partial charge >= 0.3 is 0 Å². The first kappa shape index (κ1) is 28.3. The molecule has 0 radical (unpaired) electrons. The second-order valence-corrected chi connectivity index (χ2v) is 10.8. The lowest BCUT2D eigenvalue weighted by Gasteiger charge is -2.21. The molecule has 1 fully saturated rings. The third kappa shape index (κ3) is 5.65. The number of nitrogens with one attached hydrogen (secondary N) is 1. The fourth-order valence-corrected chi connectivity index (χ4v) is 5.69. The van der Waals surface area contributed by atoms with E-state index in [-0.39, 0.29) is 34.7 Å². The molecule has 3 atom stereocenters. The van der Waals surface area contributed by atoms with Crippen molar-refractivity contribution in [3.63, 3.8) is 0 Å². The quantitative estimate of drug-likeness (QED) is 0.285. The van der Waals surface area contributed by atoms with Gasteiger partial charge in [-0.15, -0.1) is 0 Å². The Hall–Kier alpha value is -2.75. The van der Waals surface area contributed by atoms with E-state index in [0.29, 0.717) is 14.9 Å². The van der Waals surface area contributed by atoms with Gasteiger partial charge in [0.25, 0.3) is 15.8 Å². The molecule has 2 aromatic carbocycles. The maximum Gasteiger partial charge on any atom is 0.288 e. The van der Waals surface area contributed by atoms with Gasteiger partial charge in [-0.2, -0.15) is 4.39 Å². The number of carbonyl (C=O) groups excluding carboxylic acids is 2. The Morgan fingerprint density at radius 1 is 1.16 bits per heavy atom. The number of anilines is 1. The van der Waals surface area contributed by atoms with Gasteiger partial charge in [0.2, 0.25) is 5.91 Å². The van der Waals surface area contributed by atoms with Gasteiger partial charge in [-0.25, -0.2) is 4.39 Å². The van der Waals surface area contributed by atoms with Crippen molar-refractivity contribution in [2.45, 2.75) is 23.2 Å². The van der Waals surface area contributed by atoms with Crippen LogP contribution in [0.5, 0.6) is 11.5 Å². The summed E-state index contributed by atoms with van der Waals surface area (Å²) in [6.07, 6.45) is 1.60. The number of hydrogen-bond donors (Lipinski definition) is 1. The lowest BCUT2D eigenvalue weighted by atomic mass is 9.93. The molecular weight excluding hydrogens is 726 g/mol. The van der Waals surface area contributed by atoms with Crippen LogP contribution in [-0.2, 0) is 11.8 Å². The summed E-state index contributed by atoms with van der Waals surface area (Å²) >= 11 is 3.43. The molecule has 2 amide bonds. The second kappa shape index (κ2) is 11.6. The highest BCUT2D eigenvalue weighted by Gasteiger charge is 2.46. The summed E-state index contributed by atoms with van der Waals surface area (Å²) in [5.74, 6) is -1.97. The Morgan fingerprint density at radius 3 is 2.45 bits per heavy atom. The van der Waals surface area contributed by atoms with E-state index in [1.165, 1.54) is 69.5 Å². The number of halogens is 4. The van der Waals surface area contributed by atoms with Gasteiger partial charge in [0.05, 0.1) is 7.11 Å². The summed E-state index contributed by atoms with van der Waals surface area (Å²) < 4.78 is 38.9. The normalized spacial score (nSPS) is 17.9. The van der Waals surface area contributed by atoms with E-state index in [1.807, 2.05) is 22.6 Å². The van der Waals surface area contributed by atoms with Gasteiger partial charge in [0.1, 0.15) is 29.0 Å². The average molecular weight is 749 g/mol. The van der Waals surface area contributed by atoms with Crippen molar-refractivity contribution in [1.29, 1.82) is 0 Å². The summed E-state index contributed by atoms with van der Waals surface area (Å²) in [5.41, 5.74) is 0.799. The Labute approximate surface area is 244 Å². The molecule has 0 aliphatic carbocycles. The molecule has 1 N–H and O–H groups in total. The van der Waals surface area contributed by atoms with Crippen LogP contribution in [0.2, 0.25) is 0 Å². The molecule has 12 heteroatoms. The first-order chi connectivity index (χ1) is 18.0. The van der Waals surface area contributed by atoms with Crippen molar-refractivity contribution < 1.29 is 27.8 Å². The highest BCUT2D eigenvalue weighted by Crippen LogP contribution is 2.37. The van der Waals surface area contributed by atoms with Crippen LogP contribution >= 0.6 is 45.2 Å². The molecule has 200 valence electrons. The SMILES string of the molecule is COc1cc(F)c([C@@H]2CN(c3c(C)ccn(C)c3=O)C(=O)[C@H]2NC(=O)c2ccc(OC(F)I)cc2)c(I)c1. The zero-order valence-corrected chi connectivity index (χ0v) is 24.8. The number of ether oxygens (including phenoxy) is 2. The first-order valence-electron chi connectivity index (χ1n) is 11.4. The summed E-state index contributed by atoms with van der Waals surface area (Å²) in [6, 6.07) is 9.15. The number of methoxy groups -OCH3 is 1. The summed E-state index contributed by atoms with van der Waals surface area (Å²) in [5, 5.41) is 2.73. The van der Waals surface area contributed by atoms with Crippen LogP contribution < -0.4 is 25.2 Å². The van der Waals surface area contributed by atoms with E-state index in [1.54, 1.807) is 32.3 Å². The predicted octanol–water partition coefficient (Wildman–Crippen LogP) is 4.44. The number of amides is 2. The molecular formula is C26H23F2I2N3O5. The monoisotopic (exact) mass is 749 g/mol. The molecule has 3 aromatic rings. The van der Waals surface area contributed by atoms with Crippen molar-refractivity contribution in [2.24, 2.45) is 7.05 Å². The van der Waals surface area contributed by atoms with Gasteiger partial charge in [0, 0.05) is 69.1 Å². The van der Waals surface area contributed by atoms with Crippen molar-refractivity contribution in [1.82, 2.24) is 9.88 Å². The Kier molecular flexibility index (Phi) is 8.59. The molecule has 1 unspecified atom stereocenters. The minimum absolute atomic E-state index is 0.0244. The van der Waals surface area contributed by atoms with Gasteiger partial charge in [-0.3, -0.25) is 14.4 Å². The van der Waals surface area contributed by atoms with E-state index >= 15 is 4.39 Å². The lowest BCUT2D eigenvalue weighted by Crippen LogP contribution is -2.44. The van der Waals surface area contributed by atoms with Crippen molar-refractivity contribution in [3.8, 4) is 11.5 Å². The van der Waals surface area contributed by atoms with Gasteiger partial charge in [-0.05, 0) is 71.5 Å². The van der Waals surface area contributed by atoms with Crippen molar-refractivity contribution in [2.75, 3.05) is 18.6 Å². The highest BCUT2D eigenvalue weighted by atomic mass is 127. The first-order valence-corrected chi connectivity index (χ1v) is 13.7. The molecule has 2 heterocycles. The van der Waals surface area contributed by atoms with Crippen LogP contribution in [0.3, 0.4) is 0 Å². The smallest absolute Gasteiger partial charge is 0.288 e. The number of rotatable bonds is 7. The second-order valence-electron chi connectivity index (χ2n) is 8.68. The van der Waals surface area contributed by atoms with Crippen LogP contribution in [0.15, 0.2) is 53.5 Å². The van der Waals surface area contributed by atoms with Gasteiger partial charge < -0.3 is 24.3 Å². The summed E-state index contributed by atoms with van der Waals surface area (Å²) in [7, 11) is 3.00. The van der Waals surface area contributed by atoms with E-state index in [2.05, 4.69) is 5.32 Å². The largest absolute Gasteiger partial charge is 0.497 e. The zero-order valence-electron chi connectivity index (χ0n) is 20.5. The van der Waals surface area contributed by atoms with E-state index in [0.717, 1.165) is 0 Å². The molecule has 38 heavy (non-hydrogen) atoms. The molecule has 0 spiro atoms. The molecule has 1 saturated heterocycles. The summed E-state index contributed by atoms with van der Waals surface area (Å²) in [6.45, 7) is 1.69. The van der Waals surface area contributed by atoms with Gasteiger partial charge in [0.15, 0.2) is 0 Å². The average Bonchev–Trinajstić information content (AvgIpc) is 3.16. The predicted molar refractivity (Wildman–Crippen MR) is 154 cm³/mol. The molecule has 8 nitrogen and oxygen atoms in total. The molecule has 0 saturated carbocycles. The van der Waals surface area contributed by atoms with Crippen LogP contribution in [0.1, 0.15) is 27.4 Å². The Balaban J connectivity index is 1.74. The maximum atomic E-state index is 15.4. The standard InChI is InChI=1S/C26H23F2I2N3O5/c1-13-8-9-32(2)25(36)22(13)33-12-17(20-18(27)10-16(37-3)11-19(20)29)21(24(33)35)31-23(34)14-4-6-15(7-5-14)38-26(28)30/h4-11,17,21,26H,12H2,1-3H3,(H,31,34)/t17-,21-,26?/m0/s1. The topological polar surface area (TPSA) is 89.9 Å². The molecule has 1 aliphatic rings. The van der Waals surface area contributed by atoms with Gasteiger partial charge in [-0.1, -0.05) is 0 Å². The number of hydrogen-bond acceptors (Lipinski definition) is 5. The zero-order chi connectivity index (χ0) is 27.7. The lowest BCUT2D eigenvalue weighted by molar-refractivity contribution is -0.118. The van der Waals surface area contributed by atoms with Crippen molar-refractivity contribution >= 4 is 62.7 Å².